The number of rotatable bonds is 6. The molecule has 0 saturated heterocycles. The summed E-state index contributed by atoms with van der Waals surface area (Å²) in [7, 11) is 0. The molecule has 1 amide bonds. The molecule has 0 atom stereocenters. The second kappa shape index (κ2) is 7.06. The molecule has 1 aromatic rings. The van der Waals surface area contributed by atoms with Gasteiger partial charge in [-0.3, -0.25) is 14.4 Å². The molecular formula is C15H20N2O4. The first-order chi connectivity index (χ1) is 10.1. The summed E-state index contributed by atoms with van der Waals surface area (Å²) in [5.74, 6) is -1.19. The van der Waals surface area contributed by atoms with Crippen molar-refractivity contribution >= 4 is 11.9 Å². The summed E-state index contributed by atoms with van der Waals surface area (Å²) in [6.07, 6.45) is 5.58. The lowest BCUT2D eigenvalue weighted by atomic mass is 10.2. The van der Waals surface area contributed by atoms with Gasteiger partial charge in [-0.15, -0.1) is 0 Å². The zero-order chi connectivity index (χ0) is 15.2. The number of amides is 1. The molecule has 0 bridgehead atoms. The highest BCUT2D eigenvalue weighted by molar-refractivity contribution is 5.81. The average Bonchev–Trinajstić information content (AvgIpc) is 2.97. The predicted octanol–water partition coefficient (Wildman–Crippen LogP) is 1.09. The molecule has 6 heteroatoms. The van der Waals surface area contributed by atoms with Crippen LogP contribution >= 0.6 is 0 Å². The smallest absolute Gasteiger partial charge is 0.323 e. The Morgan fingerprint density at radius 1 is 1.29 bits per heavy atom. The zero-order valence-corrected chi connectivity index (χ0v) is 11.9. The molecule has 1 N–H and O–H groups in total. The molecule has 0 radical (unpaired) electrons. The molecule has 1 heterocycles. The first-order valence-electron chi connectivity index (χ1n) is 7.24. The SMILES string of the molecule is O=C(O)CN(C(=O)CCn1ccccc1=O)C1CCCC1. The summed E-state index contributed by atoms with van der Waals surface area (Å²) in [4.78, 5) is 36.3. The van der Waals surface area contributed by atoms with Gasteiger partial charge in [0, 0.05) is 31.3 Å². The molecule has 0 aliphatic heterocycles. The number of pyridine rings is 1. The Labute approximate surface area is 123 Å². The Hall–Kier alpha value is -2.11. The van der Waals surface area contributed by atoms with Crippen LogP contribution in [0, 0.1) is 0 Å². The fourth-order valence-electron chi connectivity index (χ4n) is 2.79. The van der Waals surface area contributed by atoms with Crippen molar-refractivity contribution in [2.75, 3.05) is 6.54 Å². The first-order valence-corrected chi connectivity index (χ1v) is 7.24. The van der Waals surface area contributed by atoms with E-state index in [1.807, 2.05) is 0 Å². The molecule has 1 saturated carbocycles. The Balaban J connectivity index is 1.99. The van der Waals surface area contributed by atoms with Gasteiger partial charge in [0.2, 0.25) is 5.91 Å². The molecule has 1 aliphatic rings. The normalized spacial score (nSPS) is 15.0. The van der Waals surface area contributed by atoms with Crippen LogP contribution in [0.3, 0.4) is 0 Å². The second-order valence-electron chi connectivity index (χ2n) is 5.34. The maximum Gasteiger partial charge on any atom is 0.323 e. The number of carboxylic acids is 1. The van der Waals surface area contributed by atoms with Crippen LogP contribution < -0.4 is 5.56 Å². The van der Waals surface area contributed by atoms with E-state index in [0.29, 0.717) is 0 Å². The third-order valence-electron chi connectivity index (χ3n) is 3.86. The Morgan fingerprint density at radius 2 is 2.00 bits per heavy atom. The van der Waals surface area contributed by atoms with Crippen molar-refractivity contribution in [1.29, 1.82) is 0 Å². The van der Waals surface area contributed by atoms with Crippen molar-refractivity contribution in [3.8, 4) is 0 Å². The quantitative estimate of drug-likeness (QED) is 0.851. The Kier molecular flexibility index (Phi) is 5.14. The average molecular weight is 292 g/mol. The van der Waals surface area contributed by atoms with Crippen molar-refractivity contribution in [2.24, 2.45) is 0 Å². The minimum absolute atomic E-state index is 0.0288. The number of carbonyl (C=O) groups is 2. The van der Waals surface area contributed by atoms with Gasteiger partial charge in [0.25, 0.3) is 5.56 Å². The van der Waals surface area contributed by atoms with E-state index in [1.54, 1.807) is 18.3 Å². The summed E-state index contributed by atoms with van der Waals surface area (Å²) < 4.78 is 1.46. The van der Waals surface area contributed by atoms with Crippen LogP contribution in [0.2, 0.25) is 0 Å². The van der Waals surface area contributed by atoms with Crippen LogP contribution in [-0.4, -0.2) is 39.0 Å². The van der Waals surface area contributed by atoms with Crippen molar-refractivity contribution in [1.82, 2.24) is 9.47 Å². The highest BCUT2D eigenvalue weighted by Crippen LogP contribution is 2.23. The summed E-state index contributed by atoms with van der Waals surface area (Å²) in [6.45, 7) is 0.0224. The summed E-state index contributed by atoms with van der Waals surface area (Å²) >= 11 is 0. The van der Waals surface area contributed by atoms with E-state index < -0.39 is 5.97 Å². The van der Waals surface area contributed by atoms with Crippen molar-refractivity contribution in [3.63, 3.8) is 0 Å². The fraction of sp³-hybridized carbons (Fsp3) is 0.533. The van der Waals surface area contributed by atoms with Crippen LogP contribution in [-0.2, 0) is 16.1 Å². The van der Waals surface area contributed by atoms with E-state index >= 15 is 0 Å². The van der Waals surface area contributed by atoms with Gasteiger partial charge in [-0.25, -0.2) is 0 Å². The molecule has 1 aliphatic carbocycles. The van der Waals surface area contributed by atoms with E-state index in [9.17, 15) is 14.4 Å². The van der Waals surface area contributed by atoms with Crippen LogP contribution in [0.15, 0.2) is 29.2 Å². The topological polar surface area (TPSA) is 79.6 Å². The molecule has 114 valence electrons. The fourth-order valence-corrected chi connectivity index (χ4v) is 2.79. The molecule has 0 unspecified atom stereocenters. The van der Waals surface area contributed by atoms with E-state index in [4.69, 9.17) is 5.11 Å². The van der Waals surface area contributed by atoms with Gasteiger partial charge in [-0.2, -0.15) is 0 Å². The summed E-state index contributed by atoms with van der Waals surface area (Å²) in [6, 6.07) is 4.85. The van der Waals surface area contributed by atoms with Gasteiger partial charge in [0.1, 0.15) is 6.54 Å². The standard InChI is InChI=1S/C15H20N2O4/c18-13-7-3-4-9-16(13)10-8-14(19)17(11-15(20)21)12-5-1-2-6-12/h3-4,7,9,12H,1-2,5-6,8,10-11H2,(H,20,21). The number of aryl methyl sites for hydroxylation is 1. The molecule has 0 spiro atoms. The van der Waals surface area contributed by atoms with Gasteiger partial charge in [-0.1, -0.05) is 18.9 Å². The van der Waals surface area contributed by atoms with Gasteiger partial charge < -0.3 is 14.6 Å². The molecule has 0 aromatic carbocycles. The van der Waals surface area contributed by atoms with E-state index in [2.05, 4.69) is 0 Å². The monoisotopic (exact) mass is 292 g/mol. The molecule has 6 nitrogen and oxygen atoms in total. The minimum atomic E-state index is -0.993. The number of carboxylic acid groups (broad SMARTS) is 1. The highest BCUT2D eigenvalue weighted by Gasteiger charge is 2.27. The van der Waals surface area contributed by atoms with Crippen molar-refractivity contribution in [2.45, 2.75) is 44.7 Å². The second-order valence-corrected chi connectivity index (χ2v) is 5.34. The van der Waals surface area contributed by atoms with E-state index in [1.165, 1.54) is 15.5 Å². The van der Waals surface area contributed by atoms with Crippen LogP contribution in [0.4, 0.5) is 0 Å². The third-order valence-corrected chi connectivity index (χ3v) is 3.86. The zero-order valence-electron chi connectivity index (χ0n) is 11.9. The van der Waals surface area contributed by atoms with E-state index in [-0.39, 0.29) is 37.0 Å². The highest BCUT2D eigenvalue weighted by atomic mass is 16.4. The molecule has 1 aromatic heterocycles. The molecule has 2 rings (SSSR count). The van der Waals surface area contributed by atoms with Gasteiger partial charge >= 0.3 is 5.97 Å². The van der Waals surface area contributed by atoms with Crippen molar-refractivity contribution < 1.29 is 14.7 Å². The number of aromatic nitrogens is 1. The van der Waals surface area contributed by atoms with E-state index in [0.717, 1.165) is 25.7 Å². The van der Waals surface area contributed by atoms with Gasteiger partial charge in [-0.05, 0) is 18.9 Å². The maximum absolute atomic E-state index is 12.3. The van der Waals surface area contributed by atoms with Crippen LogP contribution in [0.25, 0.3) is 0 Å². The van der Waals surface area contributed by atoms with Crippen LogP contribution in [0.5, 0.6) is 0 Å². The van der Waals surface area contributed by atoms with Crippen LogP contribution in [0.1, 0.15) is 32.1 Å². The number of hydrogen-bond acceptors (Lipinski definition) is 3. The lowest BCUT2D eigenvalue weighted by molar-refractivity contribution is -0.146. The Bertz CT molecular complexity index is 561. The van der Waals surface area contributed by atoms with Crippen molar-refractivity contribution in [3.05, 3.63) is 34.7 Å². The Morgan fingerprint density at radius 3 is 2.62 bits per heavy atom. The molecule has 21 heavy (non-hydrogen) atoms. The number of nitrogens with zero attached hydrogens (tertiary/aromatic N) is 2. The molecular weight excluding hydrogens is 272 g/mol. The number of hydrogen-bond donors (Lipinski definition) is 1. The summed E-state index contributed by atoms with van der Waals surface area (Å²) in [5, 5.41) is 8.97. The third kappa shape index (κ3) is 4.18. The van der Waals surface area contributed by atoms with Gasteiger partial charge in [0.05, 0.1) is 0 Å². The lowest BCUT2D eigenvalue weighted by Gasteiger charge is -2.27. The number of aliphatic carboxylic acids is 1. The van der Waals surface area contributed by atoms with Gasteiger partial charge in [0.15, 0.2) is 0 Å². The lowest BCUT2D eigenvalue weighted by Crippen LogP contribution is -2.42. The minimum Gasteiger partial charge on any atom is -0.480 e. The maximum atomic E-state index is 12.3. The predicted molar refractivity (Wildman–Crippen MR) is 76.9 cm³/mol. The first kappa shape index (κ1) is 15.3. The number of carbonyl (C=O) groups excluding carboxylic acids is 1. The molecule has 1 fully saturated rings. The summed E-state index contributed by atoms with van der Waals surface area (Å²) in [5.41, 5.74) is -0.157. The largest absolute Gasteiger partial charge is 0.480 e.